The Hall–Kier alpha value is -2.63. The molecule has 0 saturated carbocycles. The minimum atomic E-state index is -0.291. The summed E-state index contributed by atoms with van der Waals surface area (Å²) in [5, 5.41) is 14.0. The highest BCUT2D eigenvalue weighted by molar-refractivity contribution is 6.02. The third-order valence-corrected chi connectivity index (χ3v) is 3.35. The van der Waals surface area contributed by atoms with E-state index < -0.39 is 0 Å². The molecular weight excluding hydrogens is 304 g/mol. The maximum absolute atomic E-state index is 12.2. The van der Waals surface area contributed by atoms with Crippen LogP contribution in [-0.2, 0) is 0 Å². The van der Waals surface area contributed by atoms with E-state index in [9.17, 15) is 4.79 Å². The largest absolute Gasteiger partial charge is 0.494 e. The highest BCUT2D eigenvalue weighted by Gasteiger charge is 2.09. The molecule has 6 nitrogen and oxygen atoms in total. The average Bonchev–Trinajstić information content (AvgIpc) is 2.57. The maximum Gasteiger partial charge on any atom is 0.276 e. The predicted octanol–water partition coefficient (Wildman–Crippen LogP) is 3.59. The summed E-state index contributed by atoms with van der Waals surface area (Å²) in [6.07, 6.45) is 1.06. The zero-order valence-corrected chi connectivity index (χ0v) is 14.4. The quantitative estimate of drug-likeness (QED) is 0.774. The Kier molecular flexibility index (Phi) is 6.54. The van der Waals surface area contributed by atoms with Gasteiger partial charge in [0.05, 0.1) is 6.61 Å². The van der Waals surface area contributed by atoms with Gasteiger partial charge in [-0.2, -0.15) is 0 Å². The lowest BCUT2D eigenvalue weighted by molar-refractivity contribution is 0.102. The third-order valence-electron chi connectivity index (χ3n) is 3.35. The maximum atomic E-state index is 12.2. The van der Waals surface area contributed by atoms with Crippen LogP contribution in [0.3, 0.4) is 0 Å². The van der Waals surface area contributed by atoms with E-state index in [1.807, 2.05) is 19.1 Å². The zero-order valence-electron chi connectivity index (χ0n) is 14.4. The van der Waals surface area contributed by atoms with Crippen molar-refractivity contribution in [2.75, 3.05) is 23.8 Å². The molecule has 1 aromatic heterocycles. The number of amides is 1. The van der Waals surface area contributed by atoms with E-state index in [4.69, 9.17) is 4.74 Å². The number of ether oxygens (including phenoxy) is 1. The summed E-state index contributed by atoms with van der Waals surface area (Å²) in [5.74, 6) is 1.78. The SMILES string of the molecule is CCOc1ccc(NC(=O)c2ccc(NCCC(C)C)nn2)cc1. The van der Waals surface area contributed by atoms with Crippen LogP contribution in [0.1, 0.15) is 37.7 Å². The number of carbonyl (C=O) groups is 1. The molecule has 0 radical (unpaired) electrons. The van der Waals surface area contributed by atoms with Crippen molar-refractivity contribution in [3.63, 3.8) is 0 Å². The smallest absolute Gasteiger partial charge is 0.276 e. The Labute approximate surface area is 142 Å². The van der Waals surface area contributed by atoms with Crippen molar-refractivity contribution in [1.82, 2.24) is 10.2 Å². The number of hydrogen-bond donors (Lipinski definition) is 2. The van der Waals surface area contributed by atoms with Crippen molar-refractivity contribution in [3.05, 3.63) is 42.1 Å². The number of benzene rings is 1. The van der Waals surface area contributed by atoms with E-state index in [0.29, 0.717) is 24.0 Å². The van der Waals surface area contributed by atoms with Gasteiger partial charge in [-0.25, -0.2) is 0 Å². The number of rotatable bonds is 8. The van der Waals surface area contributed by atoms with Crippen LogP contribution in [0.5, 0.6) is 5.75 Å². The Morgan fingerprint density at radius 2 is 1.88 bits per heavy atom. The Morgan fingerprint density at radius 1 is 1.12 bits per heavy atom. The monoisotopic (exact) mass is 328 g/mol. The van der Waals surface area contributed by atoms with Crippen LogP contribution in [0, 0.1) is 5.92 Å². The summed E-state index contributed by atoms with van der Waals surface area (Å²) < 4.78 is 5.37. The van der Waals surface area contributed by atoms with Gasteiger partial charge in [0.15, 0.2) is 5.69 Å². The van der Waals surface area contributed by atoms with Crippen LogP contribution < -0.4 is 15.4 Å². The number of anilines is 2. The number of aromatic nitrogens is 2. The highest BCUT2D eigenvalue weighted by Crippen LogP contribution is 2.16. The first kappa shape index (κ1) is 17.7. The molecule has 0 atom stereocenters. The molecule has 0 aliphatic heterocycles. The topological polar surface area (TPSA) is 76.1 Å². The molecule has 0 bridgehead atoms. The zero-order chi connectivity index (χ0) is 17.4. The molecule has 24 heavy (non-hydrogen) atoms. The molecule has 2 rings (SSSR count). The molecule has 2 aromatic rings. The van der Waals surface area contributed by atoms with Crippen molar-refractivity contribution in [2.45, 2.75) is 27.2 Å². The van der Waals surface area contributed by atoms with Crippen LogP contribution in [0.4, 0.5) is 11.5 Å². The molecule has 0 unspecified atom stereocenters. The van der Waals surface area contributed by atoms with Crippen LogP contribution in [0.25, 0.3) is 0 Å². The van der Waals surface area contributed by atoms with Crippen molar-refractivity contribution >= 4 is 17.4 Å². The number of carbonyl (C=O) groups excluding carboxylic acids is 1. The molecule has 1 heterocycles. The molecule has 0 fully saturated rings. The molecule has 0 aliphatic rings. The van der Waals surface area contributed by atoms with Gasteiger partial charge < -0.3 is 15.4 Å². The van der Waals surface area contributed by atoms with Crippen molar-refractivity contribution in [1.29, 1.82) is 0 Å². The van der Waals surface area contributed by atoms with Gasteiger partial charge in [-0.05, 0) is 55.7 Å². The summed E-state index contributed by atoms with van der Waals surface area (Å²) in [5.41, 5.74) is 0.961. The lowest BCUT2D eigenvalue weighted by Gasteiger charge is -2.08. The Morgan fingerprint density at radius 3 is 2.46 bits per heavy atom. The summed E-state index contributed by atoms with van der Waals surface area (Å²) in [6, 6.07) is 10.6. The minimum absolute atomic E-state index is 0.276. The number of nitrogens with one attached hydrogen (secondary N) is 2. The fraction of sp³-hybridized carbons (Fsp3) is 0.389. The first-order valence-electron chi connectivity index (χ1n) is 8.20. The highest BCUT2D eigenvalue weighted by atomic mass is 16.5. The van der Waals surface area contributed by atoms with Gasteiger partial charge in [-0.15, -0.1) is 10.2 Å². The number of nitrogens with zero attached hydrogens (tertiary/aromatic N) is 2. The fourth-order valence-corrected chi connectivity index (χ4v) is 2.03. The molecule has 128 valence electrons. The first-order chi connectivity index (χ1) is 11.6. The Balaban J connectivity index is 1.89. The number of hydrogen-bond acceptors (Lipinski definition) is 5. The molecule has 0 spiro atoms. The van der Waals surface area contributed by atoms with Crippen molar-refractivity contribution in [3.8, 4) is 5.75 Å². The van der Waals surface area contributed by atoms with E-state index in [-0.39, 0.29) is 11.6 Å². The fourth-order valence-electron chi connectivity index (χ4n) is 2.03. The van der Waals surface area contributed by atoms with Gasteiger partial charge in [0.2, 0.25) is 0 Å². The summed E-state index contributed by atoms with van der Waals surface area (Å²) in [4.78, 5) is 12.2. The van der Waals surface area contributed by atoms with E-state index in [2.05, 4.69) is 34.7 Å². The van der Waals surface area contributed by atoms with Gasteiger partial charge in [0.25, 0.3) is 5.91 Å². The van der Waals surface area contributed by atoms with E-state index in [0.717, 1.165) is 18.7 Å². The van der Waals surface area contributed by atoms with Gasteiger partial charge >= 0.3 is 0 Å². The van der Waals surface area contributed by atoms with Crippen LogP contribution in [-0.4, -0.2) is 29.3 Å². The standard InChI is InChI=1S/C18H24N4O2/c1-4-24-15-7-5-14(6-8-15)20-18(23)16-9-10-17(22-21-16)19-12-11-13(2)3/h5-10,13H,4,11-12H2,1-3H3,(H,19,22)(H,20,23). The molecule has 6 heteroatoms. The van der Waals surface area contributed by atoms with Gasteiger partial charge in [-0.1, -0.05) is 13.8 Å². The first-order valence-corrected chi connectivity index (χ1v) is 8.20. The minimum Gasteiger partial charge on any atom is -0.494 e. The molecule has 1 aromatic carbocycles. The second-order valence-electron chi connectivity index (χ2n) is 5.82. The summed E-state index contributed by atoms with van der Waals surface area (Å²) in [7, 11) is 0. The van der Waals surface area contributed by atoms with Gasteiger partial charge in [-0.3, -0.25) is 4.79 Å². The molecule has 1 amide bonds. The predicted molar refractivity (Wildman–Crippen MR) is 95.5 cm³/mol. The summed E-state index contributed by atoms with van der Waals surface area (Å²) >= 11 is 0. The van der Waals surface area contributed by atoms with Crippen LogP contribution in [0.15, 0.2) is 36.4 Å². The second kappa shape index (κ2) is 8.86. The lowest BCUT2D eigenvalue weighted by Crippen LogP contribution is -2.15. The molecular formula is C18H24N4O2. The average molecular weight is 328 g/mol. The molecule has 0 saturated heterocycles. The van der Waals surface area contributed by atoms with E-state index in [1.54, 1.807) is 24.3 Å². The summed E-state index contributed by atoms with van der Waals surface area (Å²) in [6.45, 7) is 7.71. The third kappa shape index (κ3) is 5.53. The van der Waals surface area contributed by atoms with Crippen molar-refractivity contribution < 1.29 is 9.53 Å². The Bertz CT molecular complexity index is 639. The van der Waals surface area contributed by atoms with Gasteiger partial charge in [0, 0.05) is 12.2 Å². The molecule has 0 aliphatic carbocycles. The van der Waals surface area contributed by atoms with Crippen LogP contribution in [0.2, 0.25) is 0 Å². The lowest BCUT2D eigenvalue weighted by atomic mass is 10.1. The van der Waals surface area contributed by atoms with Gasteiger partial charge in [0.1, 0.15) is 11.6 Å². The van der Waals surface area contributed by atoms with E-state index in [1.165, 1.54) is 0 Å². The molecule has 2 N–H and O–H groups in total. The van der Waals surface area contributed by atoms with E-state index >= 15 is 0 Å². The second-order valence-corrected chi connectivity index (χ2v) is 5.82. The van der Waals surface area contributed by atoms with Crippen LogP contribution >= 0.6 is 0 Å². The normalized spacial score (nSPS) is 10.5. The van der Waals surface area contributed by atoms with Crippen molar-refractivity contribution in [2.24, 2.45) is 5.92 Å².